The maximum absolute atomic E-state index is 12.4. The van der Waals surface area contributed by atoms with Gasteiger partial charge < -0.3 is 15.5 Å². The monoisotopic (exact) mass is 381 g/mol. The Bertz CT molecular complexity index is 986. The van der Waals surface area contributed by atoms with Crippen LogP contribution in [0.1, 0.15) is 53.8 Å². The van der Waals surface area contributed by atoms with E-state index in [2.05, 4.69) is 20.5 Å². The van der Waals surface area contributed by atoms with Crippen LogP contribution in [-0.4, -0.2) is 27.0 Å². The third-order valence-electron chi connectivity index (χ3n) is 4.33. The quantitative estimate of drug-likeness (QED) is 0.579. The van der Waals surface area contributed by atoms with Crippen molar-refractivity contribution >= 4 is 17.5 Å². The van der Waals surface area contributed by atoms with Crippen LogP contribution in [0.2, 0.25) is 0 Å². The molecule has 0 saturated heterocycles. The fourth-order valence-corrected chi connectivity index (χ4v) is 2.78. The molecule has 28 heavy (non-hydrogen) atoms. The van der Waals surface area contributed by atoms with E-state index in [4.69, 9.17) is 10.2 Å². The van der Waals surface area contributed by atoms with Crippen molar-refractivity contribution in [3.05, 3.63) is 53.3 Å². The van der Waals surface area contributed by atoms with Crippen LogP contribution in [0.15, 0.2) is 34.9 Å². The number of primary amides is 1. The summed E-state index contributed by atoms with van der Waals surface area (Å²) in [6.07, 6.45) is 2.13. The number of anilines is 1. The van der Waals surface area contributed by atoms with Gasteiger partial charge in [-0.15, -0.1) is 0 Å². The molecule has 8 heteroatoms. The number of benzene rings is 1. The SMILES string of the molecule is Cc1ccc(-c2cnc(CCC(=O)Nc3c(C(N)=O)n[nH]c3C(C)C)o2)cc1. The fraction of sp³-hybridized carbons (Fsp3) is 0.300. The maximum Gasteiger partial charge on any atom is 0.271 e. The third-order valence-corrected chi connectivity index (χ3v) is 4.33. The van der Waals surface area contributed by atoms with Gasteiger partial charge in [0.05, 0.1) is 17.6 Å². The Morgan fingerprint density at radius 3 is 2.61 bits per heavy atom. The number of aromatic amines is 1. The average Bonchev–Trinajstić information content (AvgIpc) is 3.28. The Morgan fingerprint density at radius 2 is 1.96 bits per heavy atom. The standard InChI is InChI=1S/C20H23N5O3/c1-11(2)17-18(19(20(21)27)25-24-17)23-15(26)8-9-16-22-10-14(28-16)13-6-4-12(3)5-7-13/h4-7,10-11H,8-9H2,1-3H3,(H2,21,27)(H,23,26)(H,24,25). The molecule has 2 amide bonds. The highest BCUT2D eigenvalue weighted by molar-refractivity contribution is 6.02. The van der Waals surface area contributed by atoms with Crippen molar-refractivity contribution in [3.63, 3.8) is 0 Å². The Balaban J connectivity index is 1.65. The molecule has 0 atom stereocenters. The summed E-state index contributed by atoms with van der Waals surface area (Å²) in [6, 6.07) is 7.92. The molecule has 2 aromatic heterocycles. The number of aryl methyl sites for hydroxylation is 2. The number of nitrogens with zero attached hydrogens (tertiary/aromatic N) is 2. The lowest BCUT2D eigenvalue weighted by Gasteiger charge is -2.09. The first-order chi connectivity index (χ1) is 13.3. The van der Waals surface area contributed by atoms with E-state index < -0.39 is 5.91 Å². The van der Waals surface area contributed by atoms with Gasteiger partial charge in [-0.2, -0.15) is 5.10 Å². The number of rotatable bonds is 7. The first-order valence-electron chi connectivity index (χ1n) is 9.04. The normalized spacial score (nSPS) is 11.0. The Morgan fingerprint density at radius 1 is 1.25 bits per heavy atom. The van der Waals surface area contributed by atoms with Crippen molar-refractivity contribution in [1.82, 2.24) is 15.2 Å². The van der Waals surface area contributed by atoms with Gasteiger partial charge >= 0.3 is 0 Å². The zero-order valence-corrected chi connectivity index (χ0v) is 16.1. The van der Waals surface area contributed by atoms with Crippen LogP contribution in [0.3, 0.4) is 0 Å². The minimum absolute atomic E-state index is 0.0230. The minimum atomic E-state index is -0.700. The molecule has 0 spiro atoms. The molecule has 146 valence electrons. The summed E-state index contributed by atoms with van der Waals surface area (Å²) in [7, 11) is 0. The highest BCUT2D eigenvalue weighted by atomic mass is 16.4. The van der Waals surface area contributed by atoms with Crippen LogP contribution in [0.4, 0.5) is 5.69 Å². The van der Waals surface area contributed by atoms with Crippen molar-refractivity contribution in [2.45, 2.75) is 39.5 Å². The third kappa shape index (κ3) is 4.28. The van der Waals surface area contributed by atoms with Gasteiger partial charge in [0.25, 0.3) is 5.91 Å². The fourth-order valence-electron chi connectivity index (χ4n) is 2.78. The predicted octanol–water partition coefficient (Wildman–Crippen LogP) is 3.17. The van der Waals surface area contributed by atoms with Crippen LogP contribution in [0.5, 0.6) is 0 Å². The predicted molar refractivity (Wildman–Crippen MR) is 105 cm³/mol. The van der Waals surface area contributed by atoms with Crippen LogP contribution >= 0.6 is 0 Å². The van der Waals surface area contributed by atoms with Gasteiger partial charge in [-0.05, 0) is 12.8 Å². The Kier molecular flexibility index (Phi) is 5.58. The molecule has 0 aliphatic carbocycles. The van der Waals surface area contributed by atoms with Crippen LogP contribution in [0, 0.1) is 6.92 Å². The molecule has 3 aromatic rings. The molecule has 0 aliphatic heterocycles. The second-order valence-electron chi connectivity index (χ2n) is 6.91. The number of oxazole rings is 1. The van der Waals surface area contributed by atoms with Crippen LogP contribution < -0.4 is 11.1 Å². The lowest BCUT2D eigenvalue weighted by Crippen LogP contribution is -2.19. The highest BCUT2D eigenvalue weighted by Crippen LogP contribution is 2.26. The number of H-pyrrole nitrogens is 1. The number of nitrogens with one attached hydrogen (secondary N) is 2. The van der Waals surface area contributed by atoms with Gasteiger partial charge in [0, 0.05) is 18.4 Å². The van der Waals surface area contributed by atoms with Crippen molar-refractivity contribution < 1.29 is 14.0 Å². The molecule has 0 aliphatic rings. The minimum Gasteiger partial charge on any atom is -0.441 e. The van der Waals surface area contributed by atoms with Gasteiger partial charge in [0.2, 0.25) is 5.91 Å². The number of carbonyl (C=O) groups excluding carboxylic acids is 2. The summed E-state index contributed by atoms with van der Waals surface area (Å²) in [5.74, 6) is 0.190. The molecule has 2 heterocycles. The lowest BCUT2D eigenvalue weighted by molar-refractivity contribution is -0.116. The van der Waals surface area contributed by atoms with Crippen molar-refractivity contribution in [1.29, 1.82) is 0 Å². The number of aromatic nitrogens is 3. The van der Waals surface area contributed by atoms with Gasteiger partial charge in [-0.25, -0.2) is 4.98 Å². The smallest absolute Gasteiger partial charge is 0.271 e. The Hall–Kier alpha value is -3.42. The summed E-state index contributed by atoms with van der Waals surface area (Å²) in [4.78, 5) is 28.2. The van der Waals surface area contributed by atoms with E-state index in [1.54, 1.807) is 6.20 Å². The number of carbonyl (C=O) groups is 2. The van der Waals surface area contributed by atoms with E-state index in [1.165, 1.54) is 0 Å². The van der Waals surface area contributed by atoms with E-state index in [9.17, 15) is 9.59 Å². The first kappa shape index (κ1) is 19.3. The second-order valence-corrected chi connectivity index (χ2v) is 6.91. The molecule has 0 fully saturated rings. The zero-order chi connectivity index (χ0) is 20.3. The maximum atomic E-state index is 12.4. The second kappa shape index (κ2) is 8.08. The highest BCUT2D eigenvalue weighted by Gasteiger charge is 2.21. The van der Waals surface area contributed by atoms with Crippen LogP contribution in [0.25, 0.3) is 11.3 Å². The molecule has 4 N–H and O–H groups in total. The van der Waals surface area contributed by atoms with E-state index >= 15 is 0 Å². The molecular formula is C20H23N5O3. The number of amides is 2. The molecule has 8 nitrogen and oxygen atoms in total. The number of hydrogen-bond donors (Lipinski definition) is 3. The van der Waals surface area contributed by atoms with E-state index in [-0.39, 0.29) is 23.9 Å². The van der Waals surface area contributed by atoms with Crippen molar-refractivity contribution in [3.8, 4) is 11.3 Å². The Labute approximate surface area is 162 Å². The zero-order valence-electron chi connectivity index (χ0n) is 16.1. The summed E-state index contributed by atoms with van der Waals surface area (Å²) in [5.41, 5.74) is 8.44. The number of hydrogen-bond acceptors (Lipinski definition) is 5. The van der Waals surface area contributed by atoms with Crippen LogP contribution in [-0.2, 0) is 11.2 Å². The van der Waals surface area contributed by atoms with E-state index in [0.717, 1.165) is 11.1 Å². The van der Waals surface area contributed by atoms with E-state index in [1.807, 2.05) is 45.0 Å². The molecular weight excluding hydrogens is 358 g/mol. The molecule has 0 unspecified atom stereocenters. The first-order valence-corrected chi connectivity index (χ1v) is 9.04. The lowest BCUT2D eigenvalue weighted by atomic mass is 10.1. The summed E-state index contributed by atoms with van der Waals surface area (Å²) < 4.78 is 5.74. The topological polar surface area (TPSA) is 127 Å². The van der Waals surface area contributed by atoms with E-state index in [0.29, 0.717) is 29.5 Å². The van der Waals surface area contributed by atoms with Gasteiger partial charge in [0.15, 0.2) is 17.3 Å². The van der Waals surface area contributed by atoms with Gasteiger partial charge in [-0.1, -0.05) is 43.7 Å². The molecule has 3 rings (SSSR count). The summed E-state index contributed by atoms with van der Waals surface area (Å²) in [5, 5.41) is 9.40. The number of nitrogens with two attached hydrogens (primary N) is 1. The summed E-state index contributed by atoms with van der Waals surface area (Å²) in [6.45, 7) is 5.86. The molecule has 0 radical (unpaired) electrons. The van der Waals surface area contributed by atoms with Crippen molar-refractivity contribution in [2.24, 2.45) is 5.73 Å². The molecule has 0 saturated carbocycles. The molecule has 1 aromatic carbocycles. The van der Waals surface area contributed by atoms with Gasteiger partial charge in [0.1, 0.15) is 0 Å². The summed E-state index contributed by atoms with van der Waals surface area (Å²) >= 11 is 0. The van der Waals surface area contributed by atoms with Gasteiger partial charge in [-0.3, -0.25) is 14.7 Å². The van der Waals surface area contributed by atoms with Crippen molar-refractivity contribution in [2.75, 3.05) is 5.32 Å². The average molecular weight is 381 g/mol. The molecule has 0 bridgehead atoms. The largest absolute Gasteiger partial charge is 0.441 e.